The lowest BCUT2D eigenvalue weighted by atomic mass is 10.1. The predicted molar refractivity (Wildman–Crippen MR) is 74.2 cm³/mol. The molecule has 5 nitrogen and oxygen atoms in total. The van der Waals surface area contributed by atoms with E-state index >= 15 is 0 Å². The SMILES string of the molecule is Cc1ccc(S(=O)(=O)N[C@H]2C[C@H]3CO[C@H](O3)[C@@H]2Cl)cc1. The van der Waals surface area contributed by atoms with Crippen molar-refractivity contribution >= 4 is 21.6 Å². The molecule has 1 aromatic rings. The van der Waals surface area contributed by atoms with E-state index in [0.29, 0.717) is 13.0 Å². The Kier molecular flexibility index (Phi) is 3.77. The fourth-order valence-electron chi connectivity index (χ4n) is 2.46. The Hall–Kier alpha value is -0.660. The van der Waals surface area contributed by atoms with Gasteiger partial charge in [0.05, 0.1) is 17.6 Å². The highest BCUT2D eigenvalue weighted by molar-refractivity contribution is 7.89. The van der Waals surface area contributed by atoms with Gasteiger partial charge in [-0.05, 0) is 25.5 Å². The summed E-state index contributed by atoms with van der Waals surface area (Å²) in [7, 11) is -3.57. The average Bonchev–Trinajstić information content (AvgIpc) is 2.80. The smallest absolute Gasteiger partial charge is 0.240 e. The number of sulfonamides is 1. The fourth-order valence-corrected chi connectivity index (χ4v) is 4.11. The number of rotatable bonds is 3. The van der Waals surface area contributed by atoms with Crippen molar-refractivity contribution in [2.24, 2.45) is 0 Å². The van der Waals surface area contributed by atoms with Crippen molar-refractivity contribution in [1.29, 1.82) is 0 Å². The summed E-state index contributed by atoms with van der Waals surface area (Å²) < 4.78 is 38.2. The number of aryl methyl sites for hydroxylation is 1. The summed E-state index contributed by atoms with van der Waals surface area (Å²) in [6, 6.07) is 6.33. The second kappa shape index (κ2) is 5.27. The maximum atomic E-state index is 12.3. The molecule has 1 N–H and O–H groups in total. The second-order valence-corrected chi connectivity index (χ2v) is 7.40. The minimum Gasteiger partial charge on any atom is -0.348 e. The maximum Gasteiger partial charge on any atom is 0.240 e. The van der Waals surface area contributed by atoms with Crippen LogP contribution in [0.4, 0.5) is 0 Å². The highest BCUT2D eigenvalue weighted by Gasteiger charge is 2.44. The largest absolute Gasteiger partial charge is 0.348 e. The minimum absolute atomic E-state index is 0.0827. The quantitative estimate of drug-likeness (QED) is 0.856. The predicted octanol–water partition coefficient (Wildman–Crippen LogP) is 1.39. The van der Waals surface area contributed by atoms with Crippen LogP contribution in [0.15, 0.2) is 29.2 Å². The van der Waals surface area contributed by atoms with Crippen molar-refractivity contribution in [2.45, 2.75) is 42.1 Å². The Labute approximate surface area is 123 Å². The first kappa shape index (κ1) is 14.3. The van der Waals surface area contributed by atoms with Crippen LogP contribution in [0, 0.1) is 6.92 Å². The average molecular weight is 318 g/mol. The van der Waals surface area contributed by atoms with Crippen molar-refractivity contribution < 1.29 is 17.9 Å². The van der Waals surface area contributed by atoms with Crippen molar-refractivity contribution in [1.82, 2.24) is 4.72 Å². The van der Waals surface area contributed by atoms with Gasteiger partial charge >= 0.3 is 0 Å². The number of fused-ring (bicyclic) bond motifs is 2. The summed E-state index contributed by atoms with van der Waals surface area (Å²) >= 11 is 6.22. The Morgan fingerprint density at radius 2 is 2.00 bits per heavy atom. The molecule has 2 fully saturated rings. The van der Waals surface area contributed by atoms with E-state index < -0.39 is 21.7 Å². The third-order valence-corrected chi connectivity index (χ3v) is 5.59. The highest BCUT2D eigenvalue weighted by Crippen LogP contribution is 2.31. The third kappa shape index (κ3) is 2.71. The molecule has 4 atom stereocenters. The molecule has 2 aliphatic heterocycles. The lowest BCUT2D eigenvalue weighted by Crippen LogP contribution is -2.50. The van der Waals surface area contributed by atoms with Crippen molar-refractivity contribution in [3.05, 3.63) is 29.8 Å². The minimum atomic E-state index is -3.57. The van der Waals surface area contributed by atoms with Crippen LogP contribution in [0.3, 0.4) is 0 Å². The van der Waals surface area contributed by atoms with Crippen LogP contribution in [0.1, 0.15) is 12.0 Å². The fraction of sp³-hybridized carbons (Fsp3) is 0.538. The van der Waals surface area contributed by atoms with Crippen LogP contribution in [0.5, 0.6) is 0 Å². The Bertz CT molecular complexity index is 589. The number of hydrogen-bond donors (Lipinski definition) is 1. The molecule has 0 unspecified atom stereocenters. The van der Waals surface area contributed by atoms with E-state index in [0.717, 1.165) is 5.56 Å². The standard InChI is InChI=1S/C13H16ClNO4S/c1-8-2-4-10(5-3-8)20(16,17)15-11-6-9-7-18-13(19-9)12(11)14/h2-5,9,11-13,15H,6-7H2,1H3/t9-,11-,12+,13+/m0/s1. The molecule has 0 spiro atoms. The highest BCUT2D eigenvalue weighted by atomic mass is 35.5. The Morgan fingerprint density at radius 3 is 2.70 bits per heavy atom. The van der Waals surface area contributed by atoms with E-state index in [9.17, 15) is 8.42 Å². The van der Waals surface area contributed by atoms with Crippen LogP contribution in [0.25, 0.3) is 0 Å². The molecule has 20 heavy (non-hydrogen) atoms. The molecule has 2 bridgehead atoms. The summed E-state index contributed by atoms with van der Waals surface area (Å²) in [6.45, 7) is 2.38. The molecule has 0 saturated carbocycles. The Balaban J connectivity index is 1.78. The normalized spacial score (nSPS) is 33.3. The molecule has 110 valence electrons. The van der Waals surface area contributed by atoms with Gasteiger partial charge in [0, 0.05) is 6.04 Å². The van der Waals surface area contributed by atoms with Gasteiger partial charge in [-0.25, -0.2) is 13.1 Å². The van der Waals surface area contributed by atoms with Gasteiger partial charge < -0.3 is 9.47 Å². The van der Waals surface area contributed by atoms with Gasteiger partial charge in [-0.3, -0.25) is 0 Å². The summed E-state index contributed by atoms with van der Waals surface area (Å²) in [5.41, 5.74) is 1.01. The van der Waals surface area contributed by atoms with E-state index in [1.807, 2.05) is 6.92 Å². The molecule has 2 heterocycles. The van der Waals surface area contributed by atoms with Crippen LogP contribution in [0.2, 0.25) is 0 Å². The number of benzene rings is 1. The van der Waals surface area contributed by atoms with E-state index in [2.05, 4.69) is 4.72 Å². The maximum absolute atomic E-state index is 12.3. The summed E-state index contributed by atoms with van der Waals surface area (Å²) in [6.07, 6.45) is -0.0858. The molecular formula is C13H16ClNO4S. The number of ether oxygens (including phenoxy) is 2. The van der Waals surface area contributed by atoms with Gasteiger partial charge in [-0.2, -0.15) is 0 Å². The molecule has 2 aliphatic rings. The van der Waals surface area contributed by atoms with E-state index in [4.69, 9.17) is 21.1 Å². The number of nitrogens with one attached hydrogen (secondary N) is 1. The zero-order valence-electron chi connectivity index (χ0n) is 11.0. The first-order chi connectivity index (χ1) is 9.45. The topological polar surface area (TPSA) is 64.6 Å². The lowest BCUT2D eigenvalue weighted by molar-refractivity contribution is -0.0846. The third-order valence-electron chi connectivity index (χ3n) is 3.57. The number of hydrogen-bond acceptors (Lipinski definition) is 4. The number of halogens is 1. The van der Waals surface area contributed by atoms with Crippen LogP contribution >= 0.6 is 11.6 Å². The van der Waals surface area contributed by atoms with Gasteiger partial charge in [-0.1, -0.05) is 17.7 Å². The van der Waals surface area contributed by atoms with E-state index in [-0.39, 0.29) is 17.0 Å². The molecule has 3 rings (SSSR count). The number of alkyl halides is 1. The first-order valence-electron chi connectivity index (χ1n) is 6.46. The first-order valence-corrected chi connectivity index (χ1v) is 8.38. The van der Waals surface area contributed by atoms with Crippen LogP contribution in [-0.2, 0) is 19.5 Å². The second-order valence-electron chi connectivity index (χ2n) is 5.18. The zero-order chi connectivity index (χ0) is 14.3. The molecule has 0 aromatic heterocycles. The van der Waals surface area contributed by atoms with Gasteiger partial charge in [0.15, 0.2) is 6.29 Å². The molecule has 0 radical (unpaired) electrons. The summed E-state index contributed by atoms with van der Waals surface area (Å²) in [5, 5.41) is -0.519. The molecule has 1 aromatic carbocycles. The van der Waals surface area contributed by atoms with Gasteiger partial charge in [-0.15, -0.1) is 11.6 Å². The molecule has 0 aliphatic carbocycles. The summed E-state index contributed by atoms with van der Waals surface area (Å²) in [4.78, 5) is 0.242. The van der Waals surface area contributed by atoms with Gasteiger partial charge in [0.1, 0.15) is 5.38 Å². The molecule has 2 saturated heterocycles. The van der Waals surface area contributed by atoms with Crippen LogP contribution in [-0.4, -0.2) is 38.8 Å². The Morgan fingerprint density at radius 1 is 1.30 bits per heavy atom. The van der Waals surface area contributed by atoms with Crippen molar-refractivity contribution in [3.8, 4) is 0 Å². The van der Waals surface area contributed by atoms with Crippen LogP contribution < -0.4 is 4.72 Å². The monoisotopic (exact) mass is 317 g/mol. The molecular weight excluding hydrogens is 302 g/mol. The van der Waals surface area contributed by atoms with Gasteiger partial charge in [0.2, 0.25) is 10.0 Å². The van der Waals surface area contributed by atoms with Crippen molar-refractivity contribution in [3.63, 3.8) is 0 Å². The van der Waals surface area contributed by atoms with E-state index in [1.54, 1.807) is 24.3 Å². The van der Waals surface area contributed by atoms with Gasteiger partial charge in [0.25, 0.3) is 0 Å². The molecule has 0 amide bonds. The van der Waals surface area contributed by atoms with Crippen molar-refractivity contribution in [2.75, 3.05) is 6.61 Å². The lowest BCUT2D eigenvalue weighted by Gasteiger charge is -2.31. The molecule has 7 heteroatoms. The zero-order valence-corrected chi connectivity index (χ0v) is 12.5. The summed E-state index contributed by atoms with van der Waals surface area (Å²) in [5.74, 6) is 0. The van der Waals surface area contributed by atoms with E-state index in [1.165, 1.54) is 0 Å².